The minimum absolute atomic E-state index is 0.246. The molecule has 1 atom stereocenters. The van der Waals surface area contributed by atoms with Crippen LogP contribution in [-0.2, 0) is 6.54 Å². The maximum atomic E-state index is 11.3. The van der Waals surface area contributed by atoms with Gasteiger partial charge in [0.2, 0.25) is 5.91 Å². The van der Waals surface area contributed by atoms with Crippen LogP contribution in [0.3, 0.4) is 0 Å². The molecule has 4 nitrogen and oxygen atoms in total. The molecule has 0 saturated carbocycles. The maximum Gasteiger partial charge on any atom is 0.249 e. The Morgan fingerprint density at radius 1 is 1.47 bits per heavy atom. The number of piperidine rings is 1. The molecule has 4 heteroatoms. The molecule has 0 spiro atoms. The molecule has 0 bridgehead atoms. The molecule has 1 amide bonds. The van der Waals surface area contributed by atoms with Crippen LogP contribution in [0.5, 0.6) is 0 Å². The van der Waals surface area contributed by atoms with Crippen LogP contribution in [0, 0.1) is 0 Å². The van der Waals surface area contributed by atoms with Gasteiger partial charge in [0.05, 0.1) is 6.10 Å². The number of β-amino-alcohol motifs (C(OH)–C–C–N with tert-alkyl or cyclic N) is 1. The summed E-state index contributed by atoms with van der Waals surface area (Å²) in [5.74, 6) is -0.391. The highest BCUT2D eigenvalue weighted by Crippen LogP contribution is 2.16. The fourth-order valence-electron chi connectivity index (χ4n) is 2.31. The van der Waals surface area contributed by atoms with Crippen molar-refractivity contribution in [1.82, 2.24) is 4.90 Å². The predicted octanol–water partition coefficient (Wildman–Crippen LogP) is 0.742. The lowest BCUT2D eigenvalue weighted by Crippen LogP contribution is -2.38. The van der Waals surface area contributed by atoms with E-state index in [0.29, 0.717) is 18.7 Å². The number of nitrogens with zero attached hydrogens (tertiary/aromatic N) is 1. The fraction of sp³-hybridized carbons (Fsp3) is 0.462. The minimum atomic E-state index is -0.391. The second-order valence-corrected chi connectivity index (χ2v) is 4.55. The van der Waals surface area contributed by atoms with E-state index in [9.17, 15) is 9.90 Å². The van der Waals surface area contributed by atoms with Crippen LogP contribution in [0.25, 0.3) is 0 Å². The number of primary amides is 1. The number of likely N-dealkylation sites (tertiary alicyclic amines) is 1. The molecule has 3 N–H and O–H groups in total. The number of nitrogens with two attached hydrogens (primary N) is 1. The number of rotatable bonds is 3. The molecule has 1 saturated heterocycles. The van der Waals surface area contributed by atoms with Crippen LogP contribution < -0.4 is 5.73 Å². The molecule has 0 unspecified atom stereocenters. The highest BCUT2D eigenvalue weighted by atomic mass is 16.3. The molecule has 1 fully saturated rings. The average Bonchev–Trinajstić information content (AvgIpc) is 2.29. The first-order valence-corrected chi connectivity index (χ1v) is 5.95. The van der Waals surface area contributed by atoms with Gasteiger partial charge < -0.3 is 10.8 Å². The quantitative estimate of drug-likeness (QED) is 0.810. The zero-order valence-corrected chi connectivity index (χ0v) is 9.80. The van der Waals surface area contributed by atoms with Gasteiger partial charge in [0.1, 0.15) is 0 Å². The Kier molecular flexibility index (Phi) is 3.76. The van der Waals surface area contributed by atoms with Crippen molar-refractivity contribution in [2.45, 2.75) is 25.5 Å². The summed E-state index contributed by atoms with van der Waals surface area (Å²) in [6.07, 6.45) is 1.62. The minimum Gasteiger partial charge on any atom is -0.392 e. The summed E-state index contributed by atoms with van der Waals surface area (Å²) in [5.41, 5.74) is 6.86. The normalized spacial score (nSPS) is 21.4. The lowest BCUT2D eigenvalue weighted by Gasteiger charge is -2.30. The van der Waals surface area contributed by atoms with Crippen molar-refractivity contribution in [2.24, 2.45) is 5.73 Å². The number of carbonyl (C=O) groups excluding carboxylic acids is 1. The number of aliphatic hydroxyl groups excluding tert-OH is 1. The summed E-state index contributed by atoms with van der Waals surface area (Å²) >= 11 is 0. The van der Waals surface area contributed by atoms with Crippen molar-refractivity contribution >= 4 is 5.91 Å². The van der Waals surface area contributed by atoms with Crippen molar-refractivity contribution in [1.29, 1.82) is 0 Å². The van der Waals surface area contributed by atoms with Crippen molar-refractivity contribution in [3.8, 4) is 0 Å². The van der Waals surface area contributed by atoms with Gasteiger partial charge in [0.15, 0.2) is 0 Å². The van der Waals surface area contributed by atoms with E-state index in [1.54, 1.807) is 6.07 Å². The Morgan fingerprint density at radius 2 is 2.24 bits per heavy atom. The summed E-state index contributed by atoms with van der Waals surface area (Å²) in [6, 6.07) is 7.38. The lowest BCUT2D eigenvalue weighted by molar-refractivity contribution is 0.0666. The molecule has 0 aromatic heterocycles. The van der Waals surface area contributed by atoms with Crippen molar-refractivity contribution in [3.05, 3.63) is 35.4 Å². The number of amides is 1. The highest BCUT2D eigenvalue weighted by molar-refractivity contribution is 5.94. The molecular formula is C13H18N2O2. The molecule has 1 aliphatic heterocycles. The van der Waals surface area contributed by atoms with Crippen LogP contribution in [0.2, 0.25) is 0 Å². The Morgan fingerprint density at radius 3 is 2.94 bits per heavy atom. The summed E-state index contributed by atoms with van der Waals surface area (Å²) in [7, 11) is 0. The number of hydrogen-bond acceptors (Lipinski definition) is 3. The van der Waals surface area contributed by atoms with Gasteiger partial charge >= 0.3 is 0 Å². The Bertz CT molecular complexity index is 406. The standard InChI is InChI=1S/C13H18N2O2/c14-13(17)12-6-2-1-4-10(12)8-15-7-3-5-11(16)9-15/h1-2,4,6,11,16H,3,5,7-9H2,(H2,14,17)/t11-/m0/s1. The SMILES string of the molecule is NC(=O)c1ccccc1CN1CCC[C@H](O)C1. The number of carbonyl (C=O) groups is 1. The summed E-state index contributed by atoms with van der Waals surface area (Å²) in [5, 5.41) is 9.60. The number of benzene rings is 1. The topological polar surface area (TPSA) is 66.6 Å². The Balaban J connectivity index is 2.10. The molecule has 1 heterocycles. The van der Waals surface area contributed by atoms with Crippen LogP contribution >= 0.6 is 0 Å². The molecule has 1 aliphatic rings. The lowest BCUT2D eigenvalue weighted by atomic mass is 10.0. The van der Waals surface area contributed by atoms with Crippen molar-refractivity contribution in [2.75, 3.05) is 13.1 Å². The van der Waals surface area contributed by atoms with Gasteiger partial charge in [0, 0.05) is 18.7 Å². The molecule has 92 valence electrons. The van der Waals surface area contributed by atoms with Gasteiger partial charge in [0.25, 0.3) is 0 Å². The first kappa shape index (κ1) is 12.1. The van der Waals surface area contributed by atoms with E-state index in [0.717, 1.165) is 24.9 Å². The van der Waals surface area contributed by atoms with E-state index >= 15 is 0 Å². The van der Waals surface area contributed by atoms with E-state index in [-0.39, 0.29) is 6.10 Å². The second-order valence-electron chi connectivity index (χ2n) is 4.55. The van der Waals surface area contributed by atoms with Crippen LogP contribution in [-0.4, -0.2) is 35.1 Å². The van der Waals surface area contributed by atoms with Gasteiger partial charge in [-0.3, -0.25) is 9.69 Å². The summed E-state index contributed by atoms with van der Waals surface area (Å²) < 4.78 is 0. The third kappa shape index (κ3) is 3.05. The van der Waals surface area contributed by atoms with E-state index < -0.39 is 5.91 Å². The summed E-state index contributed by atoms with van der Waals surface area (Å²) in [6.45, 7) is 2.31. The summed E-state index contributed by atoms with van der Waals surface area (Å²) in [4.78, 5) is 13.4. The average molecular weight is 234 g/mol. The first-order chi connectivity index (χ1) is 8.16. The maximum absolute atomic E-state index is 11.3. The van der Waals surface area contributed by atoms with Crippen LogP contribution in [0.15, 0.2) is 24.3 Å². The van der Waals surface area contributed by atoms with E-state index in [2.05, 4.69) is 4.90 Å². The fourth-order valence-corrected chi connectivity index (χ4v) is 2.31. The van der Waals surface area contributed by atoms with Gasteiger partial charge in [-0.05, 0) is 31.0 Å². The monoisotopic (exact) mass is 234 g/mol. The smallest absolute Gasteiger partial charge is 0.249 e. The first-order valence-electron chi connectivity index (χ1n) is 5.95. The third-order valence-corrected chi connectivity index (χ3v) is 3.16. The van der Waals surface area contributed by atoms with Gasteiger partial charge in [-0.15, -0.1) is 0 Å². The van der Waals surface area contributed by atoms with Crippen molar-refractivity contribution < 1.29 is 9.90 Å². The third-order valence-electron chi connectivity index (χ3n) is 3.16. The van der Waals surface area contributed by atoms with Gasteiger partial charge in [-0.2, -0.15) is 0 Å². The zero-order valence-electron chi connectivity index (χ0n) is 9.80. The number of aliphatic hydroxyl groups is 1. The highest BCUT2D eigenvalue weighted by Gasteiger charge is 2.19. The Labute approximate surface area is 101 Å². The van der Waals surface area contributed by atoms with E-state index in [1.165, 1.54) is 0 Å². The van der Waals surface area contributed by atoms with Crippen LogP contribution in [0.4, 0.5) is 0 Å². The molecule has 1 aromatic carbocycles. The van der Waals surface area contributed by atoms with Crippen molar-refractivity contribution in [3.63, 3.8) is 0 Å². The number of hydrogen-bond donors (Lipinski definition) is 2. The predicted molar refractivity (Wildman–Crippen MR) is 65.5 cm³/mol. The largest absolute Gasteiger partial charge is 0.392 e. The van der Waals surface area contributed by atoms with Crippen LogP contribution in [0.1, 0.15) is 28.8 Å². The van der Waals surface area contributed by atoms with Gasteiger partial charge in [-0.25, -0.2) is 0 Å². The van der Waals surface area contributed by atoms with Gasteiger partial charge in [-0.1, -0.05) is 18.2 Å². The molecular weight excluding hydrogens is 216 g/mol. The van der Waals surface area contributed by atoms with E-state index in [1.807, 2.05) is 18.2 Å². The molecule has 0 aliphatic carbocycles. The molecule has 2 rings (SSSR count). The molecule has 0 radical (unpaired) electrons. The molecule has 1 aromatic rings. The second kappa shape index (κ2) is 5.29. The zero-order chi connectivity index (χ0) is 12.3. The van der Waals surface area contributed by atoms with E-state index in [4.69, 9.17) is 5.73 Å². The molecule has 17 heavy (non-hydrogen) atoms. The Hall–Kier alpha value is -1.39.